The topological polar surface area (TPSA) is 109 Å². The Labute approximate surface area is 149 Å². The molecule has 2 N–H and O–H groups in total. The van der Waals surface area contributed by atoms with Crippen LogP contribution in [-0.4, -0.2) is 41.3 Å². The zero-order valence-corrected chi connectivity index (χ0v) is 14.8. The lowest BCUT2D eigenvalue weighted by Crippen LogP contribution is -2.28. The predicted octanol–water partition coefficient (Wildman–Crippen LogP) is 1.82. The minimum Gasteiger partial charge on any atom is -0.497 e. The Balaban J connectivity index is 2.01. The van der Waals surface area contributed by atoms with Crippen LogP contribution >= 0.6 is 11.8 Å². The van der Waals surface area contributed by atoms with Crippen molar-refractivity contribution in [2.75, 3.05) is 12.4 Å². The molecule has 1 atom stereocenters. The molecule has 0 aromatic heterocycles. The Morgan fingerprint density at radius 1 is 1.44 bits per heavy atom. The lowest BCUT2D eigenvalue weighted by Gasteiger charge is -2.10. The van der Waals surface area contributed by atoms with Gasteiger partial charge in [0.25, 0.3) is 0 Å². The van der Waals surface area contributed by atoms with E-state index in [4.69, 9.17) is 4.74 Å². The summed E-state index contributed by atoms with van der Waals surface area (Å²) in [6.45, 7) is 3.58. The van der Waals surface area contributed by atoms with Crippen LogP contribution < -0.4 is 15.4 Å². The van der Waals surface area contributed by atoms with Crippen molar-refractivity contribution < 1.29 is 19.1 Å². The van der Waals surface area contributed by atoms with E-state index >= 15 is 0 Å². The van der Waals surface area contributed by atoms with Crippen molar-refractivity contribution in [1.82, 2.24) is 5.32 Å². The van der Waals surface area contributed by atoms with Crippen LogP contribution in [0.1, 0.15) is 30.6 Å². The third-order valence-corrected chi connectivity index (χ3v) is 4.22. The summed E-state index contributed by atoms with van der Waals surface area (Å²) in [5, 5.41) is 12.8. The maximum absolute atomic E-state index is 12.2. The number of anilines is 1. The summed E-state index contributed by atoms with van der Waals surface area (Å²) in [5.41, 5.74) is 1.42. The van der Waals surface area contributed by atoms with E-state index in [2.05, 4.69) is 20.8 Å². The van der Waals surface area contributed by atoms with Crippen molar-refractivity contribution in [3.63, 3.8) is 0 Å². The molecule has 9 heteroatoms. The van der Waals surface area contributed by atoms with Gasteiger partial charge in [-0.3, -0.25) is 14.4 Å². The Kier molecular flexibility index (Phi) is 6.29. The summed E-state index contributed by atoms with van der Waals surface area (Å²) in [4.78, 5) is 35.2. The second kappa shape index (κ2) is 8.43. The van der Waals surface area contributed by atoms with Crippen LogP contribution in [-0.2, 0) is 9.59 Å². The van der Waals surface area contributed by atoms with E-state index in [1.807, 2.05) is 0 Å². The van der Waals surface area contributed by atoms with Gasteiger partial charge in [0.2, 0.25) is 11.8 Å². The number of rotatable bonds is 6. The van der Waals surface area contributed by atoms with Crippen molar-refractivity contribution in [1.29, 1.82) is 0 Å². The minimum absolute atomic E-state index is 0.0470. The number of aldehydes is 1. The lowest BCUT2D eigenvalue weighted by molar-refractivity contribution is -0.122. The van der Waals surface area contributed by atoms with Crippen LogP contribution in [0.15, 0.2) is 28.4 Å². The Morgan fingerprint density at radius 2 is 2.20 bits per heavy atom. The molecule has 0 spiro atoms. The first kappa shape index (κ1) is 18.7. The van der Waals surface area contributed by atoms with Crippen LogP contribution in [0.2, 0.25) is 0 Å². The molecule has 0 bridgehead atoms. The molecule has 1 aromatic rings. The number of thioether (sulfide) groups is 1. The molecule has 25 heavy (non-hydrogen) atoms. The van der Waals surface area contributed by atoms with Crippen molar-refractivity contribution in [3.8, 4) is 5.75 Å². The zero-order chi connectivity index (χ0) is 18.4. The second-order valence-electron chi connectivity index (χ2n) is 5.37. The van der Waals surface area contributed by atoms with Crippen molar-refractivity contribution in [2.24, 2.45) is 10.2 Å². The average molecular weight is 362 g/mol. The molecule has 0 radical (unpaired) electrons. The van der Waals surface area contributed by atoms with Crippen molar-refractivity contribution in [2.45, 2.75) is 25.5 Å². The molecule has 2 amide bonds. The normalized spacial score (nSPS) is 17.8. The third kappa shape index (κ3) is 5.15. The van der Waals surface area contributed by atoms with Gasteiger partial charge in [-0.1, -0.05) is 11.8 Å². The molecule has 1 saturated heterocycles. The Bertz CT molecular complexity index is 757. The van der Waals surface area contributed by atoms with Crippen LogP contribution in [0.4, 0.5) is 5.69 Å². The standard InChI is InChI=1S/C16H18N4O4S/c1-9(2)19-20-16-18-15(23)13(25-16)7-14(22)17-12-5-4-11(24-3)6-10(12)8-21/h4-6,8,13H,7H2,1-3H3,(H,17,22)(H,18,20,23). The zero-order valence-electron chi connectivity index (χ0n) is 14.0. The molecule has 0 aliphatic carbocycles. The number of amidine groups is 1. The molecule has 2 rings (SSSR count). The maximum Gasteiger partial charge on any atom is 0.240 e. The highest BCUT2D eigenvalue weighted by Gasteiger charge is 2.32. The maximum atomic E-state index is 12.2. The third-order valence-electron chi connectivity index (χ3n) is 3.15. The highest BCUT2D eigenvalue weighted by molar-refractivity contribution is 8.15. The van der Waals surface area contributed by atoms with Crippen molar-refractivity contribution >= 4 is 46.4 Å². The summed E-state index contributed by atoms with van der Waals surface area (Å²) < 4.78 is 5.04. The molecule has 0 saturated carbocycles. The van der Waals surface area contributed by atoms with Crippen LogP contribution in [0, 0.1) is 0 Å². The molecular weight excluding hydrogens is 344 g/mol. The summed E-state index contributed by atoms with van der Waals surface area (Å²) in [5.74, 6) is -0.163. The summed E-state index contributed by atoms with van der Waals surface area (Å²) in [6.07, 6.45) is 0.583. The molecule has 1 aliphatic heterocycles. The lowest BCUT2D eigenvalue weighted by atomic mass is 10.1. The van der Waals surface area contributed by atoms with Crippen LogP contribution in [0.3, 0.4) is 0 Å². The van der Waals surface area contributed by atoms with Gasteiger partial charge in [-0.15, -0.1) is 5.10 Å². The van der Waals surface area contributed by atoms with Gasteiger partial charge in [0, 0.05) is 17.7 Å². The van der Waals surface area contributed by atoms with E-state index in [9.17, 15) is 14.4 Å². The monoisotopic (exact) mass is 362 g/mol. The van der Waals surface area contributed by atoms with Gasteiger partial charge in [0.15, 0.2) is 11.5 Å². The van der Waals surface area contributed by atoms with Crippen molar-refractivity contribution in [3.05, 3.63) is 23.8 Å². The highest BCUT2D eigenvalue weighted by Crippen LogP contribution is 2.24. The highest BCUT2D eigenvalue weighted by atomic mass is 32.2. The van der Waals surface area contributed by atoms with Crippen LogP contribution in [0.25, 0.3) is 0 Å². The van der Waals surface area contributed by atoms with E-state index in [1.54, 1.807) is 26.0 Å². The Morgan fingerprint density at radius 3 is 2.84 bits per heavy atom. The fourth-order valence-electron chi connectivity index (χ4n) is 1.98. The molecule has 1 aromatic carbocycles. The first-order chi connectivity index (χ1) is 11.9. The Hall–Kier alpha value is -2.68. The fraction of sp³-hybridized carbons (Fsp3) is 0.312. The van der Waals surface area contributed by atoms with Gasteiger partial charge in [0.05, 0.1) is 12.8 Å². The van der Waals surface area contributed by atoms with E-state index in [0.29, 0.717) is 28.5 Å². The van der Waals surface area contributed by atoms with Gasteiger partial charge < -0.3 is 15.4 Å². The number of nitrogens with one attached hydrogen (secondary N) is 2. The largest absolute Gasteiger partial charge is 0.497 e. The number of benzene rings is 1. The number of hydrogen-bond acceptors (Lipinski definition) is 7. The number of nitrogens with zero attached hydrogens (tertiary/aromatic N) is 2. The fourth-order valence-corrected chi connectivity index (χ4v) is 2.90. The SMILES string of the molecule is COc1ccc(NC(=O)CC2SC(=NN=C(C)C)NC2=O)c(C=O)c1. The number of amides is 2. The molecule has 1 aliphatic rings. The summed E-state index contributed by atoms with van der Waals surface area (Å²) >= 11 is 1.15. The first-order valence-electron chi connectivity index (χ1n) is 7.42. The van der Waals surface area contributed by atoms with Gasteiger partial charge in [-0.25, -0.2) is 0 Å². The summed E-state index contributed by atoms with van der Waals surface area (Å²) in [7, 11) is 1.49. The number of carbonyl (C=O) groups excluding carboxylic acids is 3. The van der Waals surface area contributed by atoms with Gasteiger partial charge in [-0.2, -0.15) is 5.10 Å². The molecule has 1 fully saturated rings. The first-order valence-corrected chi connectivity index (χ1v) is 8.30. The van der Waals surface area contributed by atoms with E-state index < -0.39 is 5.25 Å². The van der Waals surface area contributed by atoms with E-state index in [-0.39, 0.29) is 18.2 Å². The summed E-state index contributed by atoms with van der Waals surface area (Å²) in [6, 6.07) is 4.74. The van der Waals surface area contributed by atoms with Gasteiger partial charge in [-0.05, 0) is 32.0 Å². The molecule has 1 heterocycles. The van der Waals surface area contributed by atoms with E-state index in [1.165, 1.54) is 13.2 Å². The smallest absolute Gasteiger partial charge is 0.240 e. The minimum atomic E-state index is -0.593. The van der Waals surface area contributed by atoms with Gasteiger partial charge in [0.1, 0.15) is 11.0 Å². The van der Waals surface area contributed by atoms with E-state index in [0.717, 1.165) is 17.5 Å². The number of methoxy groups -OCH3 is 1. The number of ether oxygens (including phenoxy) is 1. The van der Waals surface area contributed by atoms with Gasteiger partial charge >= 0.3 is 0 Å². The quantitative estimate of drug-likeness (QED) is 0.456. The molecular formula is C16H18N4O4S. The molecule has 1 unspecified atom stereocenters. The number of carbonyl (C=O) groups is 3. The molecule has 8 nitrogen and oxygen atoms in total. The number of hydrogen-bond donors (Lipinski definition) is 2. The van der Waals surface area contributed by atoms with Crippen LogP contribution in [0.5, 0.6) is 5.75 Å². The predicted molar refractivity (Wildman–Crippen MR) is 97.4 cm³/mol. The molecule has 132 valence electrons. The average Bonchev–Trinajstić information content (AvgIpc) is 2.93. The second-order valence-corrected chi connectivity index (χ2v) is 6.56.